The minimum absolute atomic E-state index is 0.0199. The van der Waals surface area contributed by atoms with Crippen molar-refractivity contribution in [2.45, 2.75) is 226 Å². The van der Waals surface area contributed by atoms with Crippen LogP contribution in [0.25, 0.3) is 0 Å². The Hall–Kier alpha value is -6.23. The summed E-state index contributed by atoms with van der Waals surface area (Å²) in [6.07, 6.45) is 7.61. The summed E-state index contributed by atoms with van der Waals surface area (Å²) in [7, 11) is 0. The number of halogens is 1. The molecule has 0 aromatic heterocycles. The van der Waals surface area contributed by atoms with Gasteiger partial charge in [-0.25, -0.2) is 4.39 Å². The summed E-state index contributed by atoms with van der Waals surface area (Å²) in [6.45, 7) is 25.8. The van der Waals surface area contributed by atoms with Crippen LogP contribution in [0.15, 0.2) is 24.3 Å². The largest absolute Gasteiger partial charge is 0.379 e. The molecular weight excluding hydrogens is 1090 g/mol. The van der Waals surface area contributed by atoms with Gasteiger partial charge >= 0.3 is 0 Å². The van der Waals surface area contributed by atoms with Gasteiger partial charge in [-0.2, -0.15) is 0 Å². The molecule has 2 aliphatic heterocycles. The second-order valence-electron chi connectivity index (χ2n) is 26.5. The quantitative estimate of drug-likeness (QED) is 0.0512. The molecule has 3 fully saturated rings. The molecule has 1 aromatic rings. The van der Waals surface area contributed by atoms with Gasteiger partial charge in [0.15, 0.2) is 0 Å². The van der Waals surface area contributed by atoms with E-state index in [9.17, 15) is 52.3 Å². The van der Waals surface area contributed by atoms with E-state index in [1.54, 1.807) is 0 Å². The predicted molar refractivity (Wildman–Crippen MR) is 322 cm³/mol. The van der Waals surface area contributed by atoms with Crippen LogP contribution in [0.5, 0.6) is 0 Å². The number of amides is 10. The van der Waals surface area contributed by atoms with Crippen molar-refractivity contribution in [1.29, 1.82) is 0 Å². The molecule has 85 heavy (non-hydrogen) atoms. The predicted octanol–water partition coefficient (Wildman–Crippen LogP) is 3.90. The van der Waals surface area contributed by atoms with Gasteiger partial charge in [-0.1, -0.05) is 73.6 Å². The van der Waals surface area contributed by atoms with E-state index in [1.807, 2.05) is 48.5 Å². The van der Waals surface area contributed by atoms with Crippen LogP contribution in [0, 0.1) is 29.5 Å². The molecule has 23 heteroatoms. The number of benzene rings is 1. The normalized spacial score (nSPS) is 18.1. The standard InChI is InChI=1S/C62H102FN11O11/c1-38(2)34-46(52(77)68-48(36-40(5)6)54(79)71-62(12,13)59(84)72-60(8,9)57(82)64-28-27-50(75)65-41(7)37-73-30-32-85-33-31-73)69-58(83)61(10,11)70-53(78)47(35-39(3)4)67-51(76)45(26-21-42-18-15-14-16-19-42)66-55(80)49-20-17-29-74(49)56(81)43-22-24-44(63)25-23-43/h22-25,38-42,45-49H,14-21,26-37H2,1-13H3,(H,64,82)(H,65,75)(H,66,80)(H,67,76)(H,68,77)(H,69,83)(H,70,78)(H,71,79)(H,72,84)/t41-,45-,46-,47-,48-,49-/m0/s1. The number of nitrogens with zero attached hydrogens (tertiary/aromatic N) is 2. The second kappa shape index (κ2) is 33.0. The number of morpholine rings is 1. The van der Waals surface area contributed by atoms with E-state index in [2.05, 4.69) is 52.8 Å². The molecule has 0 unspecified atom stereocenters. The monoisotopic (exact) mass is 1200 g/mol. The summed E-state index contributed by atoms with van der Waals surface area (Å²) in [6, 6.07) is -0.435. The highest BCUT2D eigenvalue weighted by molar-refractivity contribution is 6.01. The maximum Gasteiger partial charge on any atom is 0.254 e. The molecule has 1 aliphatic carbocycles. The van der Waals surface area contributed by atoms with Crippen molar-refractivity contribution in [2.75, 3.05) is 45.9 Å². The lowest BCUT2D eigenvalue weighted by molar-refractivity contribution is -0.139. The zero-order valence-corrected chi connectivity index (χ0v) is 53.0. The fourth-order valence-electron chi connectivity index (χ4n) is 10.9. The van der Waals surface area contributed by atoms with Crippen LogP contribution >= 0.6 is 0 Å². The molecule has 2 saturated heterocycles. The Kier molecular flexibility index (Phi) is 27.7. The summed E-state index contributed by atoms with van der Waals surface area (Å²) in [4.78, 5) is 142. The van der Waals surface area contributed by atoms with Crippen LogP contribution in [0.1, 0.15) is 184 Å². The number of hydrogen-bond donors (Lipinski definition) is 9. The van der Waals surface area contributed by atoms with Crippen molar-refractivity contribution in [3.8, 4) is 0 Å². The number of rotatable bonds is 31. The van der Waals surface area contributed by atoms with Crippen LogP contribution in [0.4, 0.5) is 4.39 Å². The molecule has 6 atom stereocenters. The average Bonchev–Trinajstić information content (AvgIpc) is 4.07. The summed E-state index contributed by atoms with van der Waals surface area (Å²) in [5.41, 5.74) is -4.48. The lowest BCUT2D eigenvalue weighted by Gasteiger charge is -2.34. The minimum Gasteiger partial charge on any atom is -0.379 e. The molecule has 1 aromatic carbocycles. The maximum atomic E-state index is 14.4. The van der Waals surface area contributed by atoms with Gasteiger partial charge in [0, 0.05) is 50.7 Å². The number of nitrogens with one attached hydrogen (secondary N) is 9. The van der Waals surface area contributed by atoms with Gasteiger partial charge in [-0.3, -0.25) is 52.8 Å². The fourth-order valence-corrected chi connectivity index (χ4v) is 10.9. The van der Waals surface area contributed by atoms with Gasteiger partial charge in [0.2, 0.25) is 53.2 Å². The summed E-state index contributed by atoms with van der Waals surface area (Å²) in [5.74, 6) is -6.29. The van der Waals surface area contributed by atoms with Crippen LogP contribution in [-0.2, 0) is 47.9 Å². The molecule has 0 spiro atoms. The Labute approximate surface area is 503 Å². The highest BCUT2D eigenvalue weighted by Crippen LogP contribution is 2.29. The molecule has 1 saturated carbocycles. The lowest BCUT2D eigenvalue weighted by atomic mass is 9.85. The highest BCUT2D eigenvalue weighted by atomic mass is 19.1. The van der Waals surface area contributed by atoms with E-state index in [-0.39, 0.29) is 73.9 Å². The topological polar surface area (TPSA) is 295 Å². The van der Waals surface area contributed by atoms with Gasteiger partial charge in [0.25, 0.3) is 5.91 Å². The lowest BCUT2D eigenvalue weighted by Crippen LogP contribution is -2.65. The van der Waals surface area contributed by atoms with Gasteiger partial charge < -0.3 is 57.5 Å². The number of carbonyl (C=O) groups is 10. The molecule has 0 radical (unpaired) electrons. The molecule has 3 aliphatic rings. The number of ether oxygens (including phenoxy) is 1. The Morgan fingerprint density at radius 1 is 0.565 bits per heavy atom. The highest BCUT2D eigenvalue weighted by Gasteiger charge is 2.42. The van der Waals surface area contributed by atoms with Crippen molar-refractivity contribution in [3.05, 3.63) is 35.6 Å². The van der Waals surface area contributed by atoms with Crippen molar-refractivity contribution < 1.29 is 57.1 Å². The second-order valence-corrected chi connectivity index (χ2v) is 26.5. The van der Waals surface area contributed by atoms with Gasteiger partial charge in [-0.05, 0) is 141 Å². The number of likely N-dealkylation sites (tertiary alicyclic amines) is 1. The molecule has 9 N–H and O–H groups in total. The molecule has 2 heterocycles. The smallest absolute Gasteiger partial charge is 0.254 e. The van der Waals surface area contributed by atoms with Crippen LogP contribution < -0.4 is 47.9 Å². The van der Waals surface area contributed by atoms with Gasteiger partial charge in [0.05, 0.1) is 13.2 Å². The Bertz CT molecular complexity index is 2440. The Morgan fingerprint density at radius 3 is 1.61 bits per heavy atom. The van der Waals surface area contributed by atoms with Gasteiger partial charge in [-0.15, -0.1) is 0 Å². The van der Waals surface area contributed by atoms with Crippen molar-refractivity contribution in [1.82, 2.24) is 57.7 Å². The van der Waals surface area contributed by atoms with Crippen LogP contribution in [0.2, 0.25) is 0 Å². The first kappa shape index (κ1) is 71.3. The zero-order chi connectivity index (χ0) is 63.4. The van der Waals surface area contributed by atoms with Gasteiger partial charge in [0.1, 0.15) is 52.6 Å². The first-order valence-electron chi connectivity index (χ1n) is 30.9. The van der Waals surface area contributed by atoms with Crippen molar-refractivity contribution in [2.24, 2.45) is 23.7 Å². The molecule has 4 rings (SSSR count). The van der Waals surface area contributed by atoms with E-state index < -0.39 is 106 Å². The zero-order valence-electron chi connectivity index (χ0n) is 53.0. The first-order chi connectivity index (χ1) is 39.8. The summed E-state index contributed by atoms with van der Waals surface area (Å²) >= 11 is 0. The van der Waals surface area contributed by atoms with Crippen molar-refractivity contribution >= 4 is 59.1 Å². The molecule has 478 valence electrons. The van der Waals surface area contributed by atoms with Crippen LogP contribution in [0.3, 0.4) is 0 Å². The van der Waals surface area contributed by atoms with E-state index in [0.29, 0.717) is 51.5 Å². The van der Waals surface area contributed by atoms with E-state index >= 15 is 0 Å². The number of carbonyl (C=O) groups excluding carboxylic acids is 10. The Morgan fingerprint density at radius 2 is 1.07 bits per heavy atom. The van der Waals surface area contributed by atoms with Crippen LogP contribution in [-0.4, -0.2) is 168 Å². The first-order valence-corrected chi connectivity index (χ1v) is 30.9. The Balaban J connectivity index is 1.40. The third-order valence-electron chi connectivity index (χ3n) is 15.8. The maximum absolute atomic E-state index is 14.4. The summed E-state index contributed by atoms with van der Waals surface area (Å²) < 4.78 is 19.1. The fraction of sp³-hybridized carbons (Fsp3) is 0.742. The third-order valence-corrected chi connectivity index (χ3v) is 15.8. The van der Waals surface area contributed by atoms with E-state index in [1.165, 1.54) is 70.7 Å². The third kappa shape index (κ3) is 23.5. The molecule has 10 amide bonds. The van der Waals surface area contributed by atoms with Crippen molar-refractivity contribution in [3.63, 3.8) is 0 Å². The van der Waals surface area contributed by atoms with E-state index in [0.717, 1.165) is 45.2 Å². The molecule has 22 nitrogen and oxygen atoms in total. The summed E-state index contributed by atoms with van der Waals surface area (Å²) in [5, 5.41) is 25.3. The molecular formula is C62H102FN11O11. The minimum atomic E-state index is -1.66. The molecule has 0 bridgehead atoms. The number of hydrogen-bond acceptors (Lipinski definition) is 12. The average molecular weight is 1200 g/mol. The SMILES string of the molecule is CC(C)C[C@H](NC(=O)[C@H](CCC1CCCCC1)NC(=O)[C@@H]1CCCN1C(=O)c1ccc(F)cc1)C(=O)NC(C)(C)C(=O)N[C@@H](CC(C)C)C(=O)N[C@@H](CC(C)C)C(=O)NC(C)(C)C(=O)NC(C)(C)C(=O)NCCC(=O)N[C@@H](C)CN1CCOCC1. The van der Waals surface area contributed by atoms with E-state index in [4.69, 9.17) is 4.74 Å².